The Morgan fingerprint density at radius 3 is 0.868 bits per heavy atom. The second-order valence-electron chi connectivity index (χ2n) is 34.3. The van der Waals surface area contributed by atoms with E-state index < -0.39 is 0 Å². The molecule has 608 valence electrons. The Kier molecular flexibility index (Phi) is 18.5. The van der Waals surface area contributed by atoms with Gasteiger partial charge in [0.2, 0.25) is 0 Å². The molecule has 6 heteroatoms. The number of anilines is 6. The fourth-order valence-corrected chi connectivity index (χ4v) is 20.0. The van der Waals surface area contributed by atoms with E-state index >= 15 is 0 Å². The van der Waals surface area contributed by atoms with Gasteiger partial charge in [0.15, 0.2) is 0 Å². The van der Waals surface area contributed by atoms with Gasteiger partial charge in [-0.1, -0.05) is 299 Å². The maximum Gasteiger partial charge on any atom is 0.135 e. The molecule has 0 N–H and O–H groups in total. The summed E-state index contributed by atoms with van der Waals surface area (Å²) in [4.78, 5) is 4.76. The van der Waals surface area contributed by atoms with Gasteiger partial charge in [0, 0.05) is 94.0 Å². The fraction of sp³-hybridized carbons (Fsp3) is 0.0244. The van der Waals surface area contributed by atoms with Gasteiger partial charge in [-0.15, -0.1) is 0 Å². The molecule has 0 aliphatic heterocycles. The van der Waals surface area contributed by atoms with Crippen LogP contribution < -0.4 is 9.80 Å². The molecule has 0 saturated carbocycles. The van der Waals surface area contributed by atoms with E-state index in [1.54, 1.807) is 0 Å². The first kappa shape index (κ1) is 75.9. The summed E-state index contributed by atoms with van der Waals surface area (Å²) in [6, 6.07) is 171. The molecule has 25 rings (SSSR count). The van der Waals surface area contributed by atoms with Gasteiger partial charge in [-0.3, -0.25) is 0 Å². The van der Waals surface area contributed by atoms with Crippen molar-refractivity contribution in [1.29, 1.82) is 0 Å². The lowest BCUT2D eigenvalue weighted by Gasteiger charge is -2.28. The normalized spacial score (nSPS) is 12.2. The molecule has 0 unspecified atom stereocenters. The molecule has 0 fully saturated rings. The Morgan fingerprint density at radius 2 is 0.457 bits per heavy atom. The summed E-state index contributed by atoms with van der Waals surface area (Å²) < 4.78 is 17.0. The van der Waals surface area contributed by atoms with Gasteiger partial charge in [0.1, 0.15) is 22.3 Å². The fourth-order valence-electron chi connectivity index (χ4n) is 20.0. The number of hydrogen-bond acceptors (Lipinski definition) is 4. The largest absolute Gasteiger partial charge is 0.456 e. The van der Waals surface area contributed by atoms with Crippen LogP contribution in [0.5, 0.6) is 0 Å². The number of rotatable bonds is 15. The van der Waals surface area contributed by atoms with Gasteiger partial charge in [-0.2, -0.15) is 0 Å². The second-order valence-corrected chi connectivity index (χ2v) is 34.3. The highest BCUT2D eigenvalue weighted by Gasteiger charge is 2.36. The molecule has 1 aliphatic carbocycles. The first-order valence-electron chi connectivity index (χ1n) is 44.3. The van der Waals surface area contributed by atoms with E-state index in [-0.39, 0.29) is 5.41 Å². The predicted octanol–water partition coefficient (Wildman–Crippen LogP) is 34.3. The van der Waals surface area contributed by atoms with E-state index in [0.29, 0.717) is 0 Å². The molecule has 129 heavy (non-hydrogen) atoms. The molecule has 0 spiro atoms. The summed E-state index contributed by atoms with van der Waals surface area (Å²) in [5, 5.41) is 9.52. The van der Waals surface area contributed by atoms with Gasteiger partial charge in [0.05, 0.1) is 22.1 Å². The van der Waals surface area contributed by atoms with Crippen LogP contribution in [0, 0.1) is 0 Å². The summed E-state index contributed by atoms with van der Waals surface area (Å²) in [5.41, 5.74) is 39.1. The number of benzene rings is 20. The number of furan rings is 2. The summed E-state index contributed by atoms with van der Waals surface area (Å²) in [6.07, 6.45) is 0. The molecule has 4 heterocycles. The predicted molar refractivity (Wildman–Crippen MR) is 541 cm³/mol. The third-order valence-electron chi connectivity index (χ3n) is 26.4. The highest BCUT2D eigenvalue weighted by molar-refractivity contribution is 6.13. The van der Waals surface area contributed by atoms with Crippen LogP contribution in [0.1, 0.15) is 25.0 Å². The zero-order valence-corrected chi connectivity index (χ0v) is 71.1. The number of nitrogens with zero attached hydrogens (tertiary/aromatic N) is 4. The Labute approximate surface area is 748 Å². The number of aromatic nitrogens is 2. The first-order valence-corrected chi connectivity index (χ1v) is 44.3. The maximum atomic E-state index is 6.16. The van der Waals surface area contributed by atoms with Crippen molar-refractivity contribution < 1.29 is 8.83 Å². The van der Waals surface area contributed by atoms with Gasteiger partial charge >= 0.3 is 0 Å². The van der Waals surface area contributed by atoms with Crippen molar-refractivity contribution in [3.63, 3.8) is 0 Å². The minimum Gasteiger partial charge on any atom is -0.456 e. The topological polar surface area (TPSA) is 42.6 Å². The smallest absolute Gasteiger partial charge is 0.135 e. The Hall–Kier alpha value is -16.8. The lowest BCUT2D eigenvalue weighted by molar-refractivity contribution is 0.660. The summed E-state index contributed by atoms with van der Waals surface area (Å²) in [6.45, 7) is 4.70. The summed E-state index contributed by atoms with van der Waals surface area (Å²) in [7, 11) is 0. The van der Waals surface area contributed by atoms with Gasteiger partial charge < -0.3 is 27.8 Å². The lowest BCUT2D eigenvalue weighted by atomic mass is 9.82. The first-order chi connectivity index (χ1) is 63.7. The van der Waals surface area contributed by atoms with Crippen LogP contribution in [0.4, 0.5) is 34.1 Å². The van der Waals surface area contributed by atoms with Crippen LogP contribution in [-0.2, 0) is 5.41 Å². The van der Waals surface area contributed by atoms with Crippen molar-refractivity contribution in [3.05, 3.63) is 484 Å². The molecule has 20 aromatic carbocycles. The molecule has 6 nitrogen and oxygen atoms in total. The van der Waals surface area contributed by atoms with E-state index in [2.05, 4.69) is 482 Å². The van der Waals surface area contributed by atoms with E-state index in [1.807, 2.05) is 24.3 Å². The maximum absolute atomic E-state index is 6.16. The molecule has 0 amide bonds. The monoisotopic (exact) mass is 1650 g/mol. The molecule has 0 bridgehead atoms. The van der Waals surface area contributed by atoms with Crippen LogP contribution in [0.2, 0.25) is 0 Å². The highest BCUT2D eigenvalue weighted by Crippen LogP contribution is 2.52. The SMILES string of the molecule is CC1(C)c2ccccc2-c2ccc(N(c3ccc(-c4ccc5oc6ccccc6c5c4)cc3)c3ccc(-c4ccc5c(c4)c4ccccc4n5-c4ccccc4)cc3)cc21.c1ccc(-c2cc(-c3ccccc3)cc(-c3ccc(N(c4ccc(-c5ccc6oc7ccccc7c6c5)cc4)c4ccc(-c5ccc6c(c5)c5ccccc5n6-c5ccccc5)cc4)cc3)c2)cc1. The lowest BCUT2D eigenvalue weighted by Crippen LogP contribution is -2.16. The van der Waals surface area contributed by atoms with Crippen LogP contribution in [0.15, 0.2) is 482 Å². The number of para-hydroxylation sites is 6. The van der Waals surface area contributed by atoms with Crippen molar-refractivity contribution in [3.8, 4) is 100 Å². The molecule has 0 saturated heterocycles. The van der Waals surface area contributed by atoms with Gasteiger partial charge in [-0.05, 0) is 288 Å². The van der Waals surface area contributed by atoms with E-state index in [9.17, 15) is 0 Å². The second kappa shape index (κ2) is 31.5. The van der Waals surface area contributed by atoms with E-state index in [4.69, 9.17) is 8.83 Å². The van der Waals surface area contributed by atoms with Gasteiger partial charge in [0.25, 0.3) is 0 Å². The van der Waals surface area contributed by atoms with Crippen molar-refractivity contribution in [2.24, 2.45) is 0 Å². The average Bonchev–Trinajstić information content (AvgIpc) is 1.58. The molecule has 24 aromatic rings. The zero-order chi connectivity index (χ0) is 85.6. The Balaban J connectivity index is 0.000000145. The molecule has 0 atom stereocenters. The van der Waals surface area contributed by atoms with Crippen LogP contribution in [0.3, 0.4) is 0 Å². The number of hydrogen-bond donors (Lipinski definition) is 0. The summed E-state index contributed by atoms with van der Waals surface area (Å²) in [5.74, 6) is 0. The van der Waals surface area contributed by atoms with E-state index in [0.717, 1.165) is 117 Å². The van der Waals surface area contributed by atoms with Crippen LogP contribution in [-0.4, -0.2) is 9.13 Å². The van der Waals surface area contributed by atoms with Crippen LogP contribution in [0.25, 0.3) is 188 Å². The van der Waals surface area contributed by atoms with Crippen molar-refractivity contribution >= 4 is 122 Å². The third kappa shape index (κ3) is 13.5. The quantitative estimate of drug-likeness (QED) is 0.103. The molecule has 1 aliphatic rings. The van der Waals surface area contributed by atoms with Crippen LogP contribution >= 0.6 is 0 Å². The average molecular weight is 1650 g/mol. The standard InChI is InChI=1S/C66H44N2O.C57H40N2O/c1-4-14-45(15-5-1)52-40-53(46-16-6-2-7-17-46)42-54(41-52)49-28-36-58(37-29-49)67(57-34-26-48(27-35-57)51-31-39-66-62(44-51)60-21-11-13-23-65(60)69-66)56-32-24-47(25-33-56)50-30-38-64-61(43-50)59-20-10-12-22-63(59)68(64)55-18-8-3-9-19-55;1-57(2)51-17-9-6-14-45(51)46-31-30-44(36-52(46)57)58(43-28-22-38(23-29-43)40-25-33-56-50(35-40)48-16-8-11-19-55(48)60-56)42-26-20-37(21-27-42)39-24-32-54-49(34-39)47-15-7-10-18-53(47)59(54)41-12-4-3-5-13-41/h1-44H;3-36H,1-2H3. The third-order valence-corrected chi connectivity index (χ3v) is 26.4. The molecular weight excluding hydrogens is 1570 g/mol. The minimum atomic E-state index is -0.112. The summed E-state index contributed by atoms with van der Waals surface area (Å²) >= 11 is 0. The number of fused-ring (bicyclic) bond motifs is 15. The Morgan fingerprint density at radius 1 is 0.178 bits per heavy atom. The van der Waals surface area contributed by atoms with E-state index in [1.165, 1.54) is 116 Å². The molecule has 0 radical (unpaired) electrons. The van der Waals surface area contributed by atoms with Crippen molar-refractivity contribution in [2.45, 2.75) is 19.3 Å². The Bertz CT molecular complexity index is 8340. The molecular formula is C123H84N4O2. The highest BCUT2D eigenvalue weighted by atomic mass is 16.3. The van der Waals surface area contributed by atoms with Gasteiger partial charge in [-0.25, -0.2) is 0 Å². The van der Waals surface area contributed by atoms with Crippen molar-refractivity contribution in [2.75, 3.05) is 9.80 Å². The molecule has 4 aromatic heterocycles. The van der Waals surface area contributed by atoms with Crippen molar-refractivity contribution in [1.82, 2.24) is 9.13 Å². The minimum absolute atomic E-state index is 0.112. The zero-order valence-electron chi connectivity index (χ0n) is 71.1.